The van der Waals surface area contributed by atoms with Crippen molar-refractivity contribution in [1.29, 1.82) is 0 Å². The number of nitrogens with one attached hydrogen (secondary N) is 2. The van der Waals surface area contributed by atoms with Gasteiger partial charge < -0.3 is 15.1 Å². The van der Waals surface area contributed by atoms with Crippen molar-refractivity contribution in [2.45, 2.75) is 78.4 Å². The molecule has 0 fully saturated rings. The fraction of sp³-hybridized carbons (Fsp3) is 0.412. The molecule has 0 aliphatic rings. The lowest BCUT2D eigenvalue weighted by molar-refractivity contribution is -0.200. The van der Waals surface area contributed by atoms with E-state index in [1.54, 1.807) is 12.1 Å². The number of benzene rings is 2. The molecule has 3 rings (SSSR count). The zero-order chi connectivity index (χ0) is 32.3. The maximum atomic E-state index is 13.3. The number of amides is 3. The predicted octanol–water partition coefficient (Wildman–Crippen LogP) is 5.86. The molecule has 44 heavy (non-hydrogen) atoms. The van der Waals surface area contributed by atoms with Gasteiger partial charge in [-0.15, -0.1) is 0 Å². The van der Waals surface area contributed by atoms with Gasteiger partial charge in [0.05, 0.1) is 18.6 Å². The molecule has 0 saturated carbocycles. The van der Waals surface area contributed by atoms with Gasteiger partial charge in [0, 0.05) is 5.56 Å². The van der Waals surface area contributed by atoms with Crippen LogP contribution in [-0.2, 0) is 30.6 Å². The number of nitrogens with zero attached hydrogens (tertiary/aromatic N) is 1. The average molecular weight is 606 g/mol. The highest BCUT2D eigenvalue weighted by atomic mass is 16.7. The molecule has 0 unspecified atom stereocenters. The quantitative estimate of drug-likeness (QED) is 0.0852. The van der Waals surface area contributed by atoms with Crippen molar-refractivity contribution in [2.75, 3.05) is 6.67 Å². The van der Waals surface area contributed by atoms with Crippen LogP contribution in [0.15, 0.2) is 71.1 Å². The smallest absolute Gasteiger partial charge is 0.373 e. The summed E-state index contributed by atoms with van der Waals surface area (Å²) in [5.41, 5.74) is 3.04. The van der Waals surface area contributed by atoms with Gasteiger partial charge >= 0.3 is 6.15 Å². The summed E-state index contributed by atoms with van der Waals surface area (Å²) in [7, 11) is 0. The van der Waals surface area contributed by atoms with Crippen molar-refractivity contribution in [2.24, 2.45) is 5.92 Å². The highest BCUT2D eigenvalue weighted by Gasteiger charge is 2.32. The molecule has 1 heterocycles. The molecule has 2 aromatic carbocycles. The maximum absolute atomic E-state index is 13.3. The summed E-state index contributed by atoms with van der Waals surface area (Å²) in [6.07, 6.45) is 4.86. The van der Waals surface area contributed by atoms with Crippen molar-refractivity contribution in [3.63, 3.8) is 0 Å². The fourth-order valence-electron chi connectivity index (χ4n) is 4.76. The number of hydroxylamine groups is 2. The van der Waals surface area contributed by atoms with Crippen LogP contribution >= 0.6 is 0 Å². The van der Waals surface area contributed by atoms with E-state index < -0.39 is 17.9 Å². The molecule has 3 amide bonds. The molecule has 0 radical (unpaired) electrons. The standard InChI is InChI=1S/C33H43N3O5.CO2/c1-5-7-9-14-28(29(6-2)36(23-37)40-21-25-12-10-8-11-13-25)32(38)34-22-35-33(39)31-20-19-30(41-31)27-17-15-26(16-18-27)24(3)4;2-1-3/h8,10-13,15-20,23-24,28-29H,5-7,9,14,21-22H2,1-4H3,(H,34,38)(H,35,39);/t28-,29-;/m1./s1. The van der Waals surface area contributed by atoms with E-state index in [2.05, 4.69) is 43.5 Å². The van der Waals surface area contributed by atoms with Crippen LogP contribution in [0.4, 0.5) is 0 Å². The molecule has 236 valence electrons. The van der Waals surface area contributed by atoms with Gasteiger partial charge in [-0.25, -0.2) is 5.06 Å². The molecular formula is C34H43N3O7. The van der Waals surface area contributed by atoms with Gasteiger partial charge in [-0.3, -0.25) is 19.2 Å². The number of hydrogen-bond acceptors (Lipinski definition) is 7. The molecule has 1 aromatic heterocycles. The van der Waals surface area contributed by atoms with Gasteiger partial charge in [-0.2, -0.15) is 9.59 Å². The van der Waals surface area contributed by atoms with Gasteiger partial charge in [0.2, 0.25) is 12.3 Å². The Hall–Kier alpha value is -4.53. The monoisotopic (exact) mass is 605 g/mol. The van der Waals surface area contributed by atoms with E-state index in [0.717, 1.165) is 30.4 Å². The summed E-state index contributed by atoms with van der Waals surface area (Å²) < 4.78 is 5.78. The van der Waals surface area contributed by atoms with Crippen LogP contribution in [0.5, 0.6) is 0 Å². The lowest BCUT2D eigenvalue weighted by atomic mass is 9.90. The lowest BCUT2D eigenvalue weighted by Gasteiger charge is -2.32. The van der Waals surface area contributed by atoms with Crippen LogP contribution in [0.2, 0.25) is 0 Å². The summed E-state index contributed by atoms with van der Waals surface area (Å²) in [5, 5.41) is 6.79. The molecule has 10 nitrogen and oxygen atoms in total. The Kier molecular flexibility index (Phi) is 15.9. The first-order valence-corrected chi connectivity index (χ1v) is 14.9. The summed E-state index contributed by atoms with van der Waals surface area (Å²) in [4.78, 5) is 60.1. The molecule has 10 heteroatoms. The Morgan fingerprint density at radius 3 is 2.23 bits per heavy atom. The minimum atomic E-state index is -0.492. The molecule has 3 aromatic rings. The second-order valence-corrected chi connectivity index (χ2v) is 10.5. The van der Waals surface area contributed by atoms with E-state index >= 15 is 0 Å². The van der Waals surface area contributed by atoms with Crippen molar-refractivity contribution < 1.29 is 33.2 Å². The molecular weight excluding hydrogens is 562 g/mol. The second-order valence-electron chi connectivity index (χ2n) is 10.5. The molecule has 0 saturated heterocycles. The predicted molar refractivity (Wildman–Crippen MR) is 165 cm³/mol. The minimum Gasteiger partial charge on any atom is -0.451 e. The number of carbonyl (C=O) groups excluding carboxylic acids is 5. The fourth-order valence-corrected chi connectivity index (χ4v) is 4.76. The van der Waals surface area contributed by atoms with Crippen LogP contribution in [0.3, 0.4) is 0 Å². The summed E-state index contributed by atoms with van der Waals surface area (Å²) in [5.74, 6) is 0.0301. The van der Waals surface area contributed by atoms with E-state index in [1.165, 1.54) is 10.6 Å². The number of furan rings is 1. The average Bonchev–Trinajstić information content (AvgIpc) is 3.53. The van der Waals surface area contributed by atoms with Gasteiger partial charge in [0.1, 0.15) is 12.4 Å². The Labute approximate surface area is 259 Å². The minimum absolute atomic E-state index is 0.0660. The SMILES string of the molecule is CCCCC[C@@H](C(=O)NCNC(=O)c1ccc(-c2ccc(C(C)C)cc2)o1)[C@@H](CC)N(C=O)OCc1ccccc1.O=C=O. The Morgan fingerprint density at radius 2 is 1.64 bits per heavy atom. The Bertz CT molecular complexity index is 1320. The highest BCUT2D eigenvalue weighted by molar-refractivity contribution is 5.92. The first kappa shape index (κ1) is 35.7. The third-order valence-corrected chi connectivity index (χ3v) is 7.20. The van der Waals surface area contributed by atoms with Crippen LogP contribution in [0.25, 0.3) is 11.3 Å². The van der Waals surface area contributed by atoms with Crippen molar-refractivity contribution in [1.82, 2.24) is 15.7 Å². The largest absolute Gasteiger partial charge is 0.451 e. The topological polar surface area (TPSA) is 135 Å². The summed E-state index contributed by atoms with van der Waals surface area (Å²) in [6.45, 7) is 8.46. The van der Waals surface area contributed by atoms with Gasteiger partial charge in [0.25, 0.3) is 5.91 Å². The van der Waals surface area contributed by atoms with Gasteiger partial charge in [-0.1, -0.05) is 102 Å². The molecule has 0 bridgehead atoms. The summed E-state index contributed by atoms with van der Waals surface area (Å²) >= 11 is 0. The number of hydrogen-bond donors (Lipinski definition) is 2. The van der Waals surface area contributed by atoms with Gasteiger partial charge in [-0.05, 0) is 42.0 Å². The van der Waals surface area contributed by atoms with Crippen molar-refractivity contribution in [3.8, 4) is 11.3 Å². The molecule has 0 aliphatic heterocycles. The van der Waals surface area contributed by atoms with E-state index in [4.69, 9.17) is 18.8 Å². The third kappa shape index (κ3) is 11.3. The second kappa shape index (κ2) is 19.6. The number of unbranched alkanes of at least 4 members (excludes halogenated alkanes) is 2. The van der Waals surface area contributed by atoms with Crippen LogP contribution < -0.4 is 10.6 Å². The maximum Gasteiger partial charge on any atom is 0.373 e. The molecule has 2 N–H and O–H groups in total. The van der Waals surface area contributed by atoms with Crippen molar-refractivity contribution >= 4 is 24.4 Å². The third-order valence-electron chi connectivity index (χ3n) is 7.20. The zero-order valence-electron chi connectivity index (χ0n) is 25.9. The van der Waals surface area contributed by atoms with Crippen LogP contribution in [0.1, 0.15) is 87.4 Å². The summed E-state index contributed by atoms with van der Waals surface area (Å²) in [6, 6.07) is 20.6. The number of carbonyl (C=O) groups is 3. The van der Waals surface area contributed by atoms with E-state index in [0.29, 0.717) is 30.9 Å². The normalized spacial score (nSPS) is 11.8. The number of rotatable bonds is 17. The van der Waals surface area contributed by atoms with Crippen LogP contribution in [0, 0.1) is 5.92 Å². The van der Waals surface area contributed by atoms with Crippen molar-refractivity contribution in [3.05, 3.63) is 83.6 Å². The first-order valence-electron chi connectivity index (χ1n) is 14.9. The molecule has 0 spiro atoms. The van der Waals surface area contributed by atoms with Crippen LogP contribution in [-0.4, -0.2) is 42.1 Å². The lowest BCUT2D eigenvalue weighted by Crippen LogP contribution is -2.48. The van der Waals surface area contributed by atoms with E-state index in [1.807, 2.05) is 49.4 Å². The van der Waals surface area contributed by atoms with E-state index in [-0.39, 0.29) is 31.1 Å². The highest BCUT2D eigenvalue weighted by Crippen LogP contribution is 2.25. The first-order chi connectivity index (χ1) is 21.3. The Morgan fingerprint density at radius 1 is 0.955 bits per heavy atom. The molecule has 0 aliphatic carbocycles. The van der Waals surface area contributed by atoms with E-state index in [9.17, 15) is 14.4 Å². The molecule has 2 atom stereocenters. The zero-order valence-corrected chi connectivity index (χ0v) is 25.9. The Balaban J connectivity index is 0.00000216. The van der Waals surface area contributed by atoms with Gasteiger partial charge in [0.15, 0.2) is 5.76 Å².